The van der Waals surface area contributed by atoms with Gasteiger partial charge in [-0.1, -0.05) is 24.3 Å². The van der Waals surface area contributed by atoms with E-state index in [0.717, 1.165) is 37.4 Å². The Kier molecular flexibility index (Phi) is 4.03. The highest BCUT2D eigenvalue weighted by molar-refractivity contribution is 7.99. The van der Waals surface area contributed by atoms with Gasteiger partial charge < -0.3 is 9.84 Å². The maximum absolute atomic E-state index is 10.8. The first-order valence-corrected chi connectivity index (χ1v) is 8.33. The summed E-state index contributed by atoms with van der Waals surface area (Å²) in [7, 11) is 0. The highest BCUT2D eigenvalue weighted by atomic mass is 32.2. The number of carboxylic acids is 1. The van der Waals surface area contributed by atoms with E-state index in [0.29, 0.717) is 6.42 Å². The predicted molar refractivity (Wildman–Crippen MR) is 80.1 cm³/mol. The van der Waals surface area contributed by atoms with Crippen molar-refractivity contribution in [2.24, 2.45) is 5.41 Å². The zero-order chi connectivity index (χ0) is 14.0. The minimum absolute atomic E-state index is 0.0741. The second kappa shape index (κ2) is 5.78. The Bertz CT molecular complexity index is 496. The van der Waals surface area contributed by atoms with Crippen molar-refractivity contribution < 1.29 is 14.6 Å². The van der Waals surface area contributed by atoms with Crippen molar-refractivity contribution >= 4 is 17.7 Å². The molecular formula is C16H20O3S. The maximum Gasteiger partial charge on any atom is 0.303 e. The van der Waals surface area contributed by atoms with Gasteiger partial charge in [0, 0.05) is 5.75 Å². The zero-order valence-corrected chi connectivity index (χ0v) is 12.3. The van der Waals surface area contributed by atoms with Crippen molar-refractivity contribution in [3.8, 4) is 0 Å². The van der Waals surface area contributed by atoms with E-state index in [1.54, 1.807) is 0 Å². The van der Waals surface area contributed by atoms with Crippen molar-refractivity contribution in [3.63, 3.8) is 0 Å². The molecule has 0 bridgehead atoms. The first-order valence-electron chi connectivity index (χ1n) is 7.18. The third-order valence-corrected chi connectivity index (χ3v) is 5.61. The lowest BCUT2D eigenvalue weighted by Gasteiger charge is -2.26. The molecule has 1 N–H and O–H groups in total. The van der Waals surface area contributed by atoms with Crippen molar-refractivity contribution in [1.29, 1.82) is 0 Å². The number of hydrogen-bond donors (Lipinski definition) is 1. The molecule has 0 spiro atoms. The van der Waals surface area contributed by atoms with E-state index in [1.165, 1.54) is 11.1 Å². The molecule has 1 aliphatic carbocycles. The molecule has 2 aliphatic rings. The van der Waals surface area contributed by atoms with E-state index in [2.05, 4.69) is 24.3 Å². The first-order chi connectivity index (χ1) is 9.69. The molecule has 0 amide bonds. The van der Waals surface area contributed by atoms with Crippen molar-refractivity contribution in [3.05, 3.63) is 35.4 Å². The summed E-state index contributed by atoms with van der Waals surface area (Å²) in [5.74, 6) is 1.21. The van der Waals surface area contributed by atoms with E-state index < -0.39 is 5.97 Å². The van der Waals surface area contributed by atoms with Gasteiger partial charge in [0.15, 0.2) is 0 Å². The van der Waals surface area contributed by atoms with Gasteiger partial charge in [-0.3, -0.25) is 4.79 Å². The molecule has 1 unspecified atom stereocenters. The topological polar surface area (TPSA) is 46.5 Å². The maximum atomic E-state index is 10.8. The van der Waals surface area contributed by atoms with Crippen LogP contribution in [-0.2, 0) is 16.0 Å². The van der Waals surface area contributed by atoms with E-state index >= 15 is 0 Å². The number of carboxylic acid groups (broad SMARTS) is 1. The van der Waals surface area contributed by atoms with Crippen LogP contribution in [0.3, 0.4) is 0 Å². The number of thioether (sulfide) groups is 1. The van der Waals surface area contributed by atoms with Gasteiger partial charge in [0.2, 0.25) is 0 Å². The Morgan fingerprint density at radius 3 is 2.95 bits per heavy atom. The average Bonchev–Trinajstić information content (AvgIpc) is 3.18. The largest absolute Gasteiger partial charge is 0.481 e. The standard InChI is InChI=1S/C16H20O3S/c17-15(18)9-16(6-7-16)11-20-10-14-13-4-2-1-3-12(13)5-8-19-14/h1-4,14H,5-11H2,(H,17,18). The van der Waals surface area contributed by atoms with Crippen LogP contribution >= 0.6 is 11.8 Å². The van der Waals surface area contributed by atoms with Crippen LogP contribution in [-0.4, -0.2) is 29.2 Å². The summed E-state index contributed by atoms with van der Waals surface area (Å²) in [6.45, 7) is 0.794. The molecule has 108 valence electrons. The summed E-state index contributed by atoms with van der Waals surface area (Å²) in [5, 5.41) is 8.93. The Morgan fingerprint density at radius 2 is 2.20 bits per heavy atom. The highest BCUT2D eigenvalue weighted by Crippen LogP contribution is 2.51. The number of hydrogen-bond acceptors (Lipinski definition) is 3. The fraction of sp³-hybridized carbons (Fsp3) is 0.562. The smallest absolute Gasteiger partial charge is 0.303 e. The van der Waals surface area contributed by atoms with Gasteiger partial charge >= 0.3 is 5.97 Å². The fourth-order valence-electron chi connectivity index (χ4n) is 2.87. The highest BCUT2D eigenvalue weighted by Gasteiger charge is 2.44. The van der Waals surface area contributed by atoms with E-state index in [1.807, 2.05) is 11.8 Å². The average molecular weight is 292 g/mol. The minimum Gasteiger partial charge on any atom is -0.481 e. The van der Waals surface area contributed by atoms with Gasteiger partial charge in [-0.15, -0.1) is 0 Å². The number of fused-ring (bicyclic) bond motifs is 1. The normalized spacial score (nSPS) is 23.1. The lowest BCUT2D eigenvalue weighted by molar-refractivity contribution is -0.138. The molecular weight excluding hydrogens is 272 g/mol. The number of benzene rings is 1. The monoisotopic (exact) mass is 292 g/mol. The van der Waals surface area contributed by atoms with Crippen LogP contribution in [0.5, 0.6) is 0 Å². The summed E-state index contributed by atoms with van der Waals surface area (Å²) < 4.78 is 5.88. The molecule has 1 heterocycles. The molecule has 1 aromatic carbocycles. The number of carbonyl (C=O) groups is 1. The molecule has 1 fully saturated rings. The fourth-order valence-corrected chi connectivity index (χ4v) is 4.30. The van der Waals surface area contributed by atoms with E-state index in [4.69, 9.17) is 9.84 Å². The van der Waals surface area contributed by atoms with Crippen LogP contribution in [0.4, 0.5) is 0 Å². The number of ether oxygens (including phenoxy) is 1. The quantitative estimate of drug-likeness (QED) is 0.874. The third kappa shape index (κ3) is 3.18. The SMILES string of the molecule is O=C(O)CC1(CSCC2OCCc3ccccc32)CC1. The molecule has 1 aromatic rings. The van der Waals surface area contributed by atoms with Crippen LogP contribution in [0, 0.1) is 5.41 Å². The Hall–Kier alpha value is -1.00. The first kappa shape index (κ1) is 14.0. The zero-order valence-electron chi connectivity index (χ0n) is 11.5. The van der Waals surface area contributed by atoms with Crippen LogP contribution in [0.1, 0.15) is 36.5 Å². The molecule has 4 heteroatoms. The minimum atomic E-state index is -0.664. The Labute approximate surface area is 123 Å². The second-order valence-corrected chi connectivity index (χ2v) is 6.92. The molecule has 3 nitrogen and oxygen atoms in total. The lowest BCUT2D eigenvalue weighted by atomic mass is 9.99. The molecule has 0 saturated heterocycles. The van der Waals surface area contributed by atoms with Crippen LogP contribution in [0.15, 0.2) is 24.3 Å². The summed E-state index contributed by atoms with van der Waals surface area (Å²) in [5.41, 5.74) is 2.79. The molecule has 1 saturated carbocycles. The van der Waals surface area contributed by atoms with E-state index in [9.17, 15) is 4.79 Å². The number of rotatable bonds is 6. The molecule has 0 aromatic heterocycles. The molecule has 1 atom stereocenters. The van der Waals surface area contributed by atoms with Crippen molar-refractivity contribution in [1.82, 2.24) is 0 Å². The third-order valence-electron chi connectivity index (χ3n) is 4.25. The predicted octanol–water partition coefficient (Wildman–Crippen LogP) is 3.29. The van der Waals surface area contributed by atoms with Crippen LogP contribution < -0.4 is 0 Å². The van der Waals surface area contributed by atoms with Gasteiger partial charge in [-0.25, -0.2) is 0 Å². The van der Waals surface area contributed by atoms with Gasteiger partial charge in [0.1, 0.15) is 0 Å². The lowest BCUT2D eigenvalue weighted by Crippen LogP contribution is -2.19. The van der Waals surface area contributed by atoms with Gasteiger partial charge in [-0.05, 0) is 41.6 Å². The van der Waals surface area contributed by atoms with Gasteiger partial charge in [0.25, 0.3) is 0 Å². The summed E-state index contributed by atoms with van der Waals surface area (Å²) in [6.07, 6.45) is 3.62. The summed E-state index contributed by atoms with van der Waals surface area (Å²) >= 11 is 1.85. The second-order valence-electron chi connectivity index (χ2n) is 5.89. The van der Waals surface area contributed by atoms with Crippen molar-refractivity contribution in [2.45, 2.75) is 31.8 Å². The van der Waals surface area contributed by atoms with Crippen LogP contribution in [0.2, 0.25) is 0 Å². The van der Waals surface area contributed by atoms with E-state index in [-0.39, 0.29) is 11.5 Å². The Balaban J connectivity index is 1.54. The molecule has 3 rings (SSSR count). The van der Waals surface area contributed by atoms with Crippen molar-refractivity contribution in [2.75, 3.05) is 18.1 Å². The van der Waals surface area contributed by atoms with Crippen LogP contribution in [0.25, 0.3) is 0 Å². The molecule has 0 radical (unpaired) electrons. The summed E-state index contributed by atoms with van der Waals surface area (Å²) in [6, 6.07) is 8.49. The van der Waals surface area contributed by atoms with Gasteiger partial charge in [0.05, 0.1) is 19.1 Å². The Morgan fingerprint density at radius 1 is 1.40 bits per heavy atom. The van der Waals surface area contributed by atoms with Gasteiger partial charge in [-0.2, -0.15) is 11.8 Å². The summed E-state index contributed by atoms with van der Waals surface area (Å²) in [4.78, 5) is 10.8. The number of aliphatic carboxylic acids is 1. The molecule has 1 aliphatic heterocycles. The molecule has 20 heavy (non-hydrogen) atoms.